The smallest absolute Gasteiger partial charge is 0.265 e. The number of halogens is 1. The van der Waals surface area contributed by atoms with Crippen molar-refractivity contribution < 1.29 is 17.6 Å². The normalized spacial score (nSPS) is 18.3. The van der Waals surface area contributed by atoms with Gasteiger partial charge in [-0.3, -0.25) is 14.5 Å². The van der Waals surface area contributed by atoms with Crippen molar-refractivity contribution >= 4 is 49.7 Å². The summed E-state index contributed by atoms with van der Waals surface area (Å²) in [6.07, 6.45) is 3.41. The minimum absolute atomic E-state index is 0.213. The first-order chi connectivity index (χ1) is 16.4. The zero-order valence-electron chi connectivity index (χ0n) is 17.7. The SMILES string of the molecule is O=C(CN1c2cccc3cccc(c23)S1(=O)=O)N1NC(c2ccc(Cl)cc2)=C[C@@H]1c1ccco1. The van der Waals surface area contributed by atoms with Crippen molar-refractivity contribution in [2.75, 3.05) is 10.8 Å². The Hall–Kier alpha value is -3.75. The van der Waals surface area contributed by atoms with Crippen molar-refractivity contribution in [1.82, 2.24) is 10.4 Å². The summed E-state index contributed by atoms with van der Waals surface area (Å²) >= 11 is 6.02. The zero-order chi connectivity index (χ0) is 23.4. The average molecular weight is 492 g/mol. The maximum absolute atomic E-state index is 13.6. The van der Waals surface area contributed by atoms with Crippen LogP contribution in [-0.2, 0) is 14.8 Å². The van der Waals surface area contributed by atoms with E-state index in [0.29, 0.717) is 27.6 Å². The maximum Gasteiger partial charge on any atom is 0.265 e. The van der Waals surface area contributed by atoms with E-state index in [1.54, 1.807) is 48.5 Å². The number of nitrogens with zero attached hydrogens (tertiary/aromatic N) is 2. The van der Waals surface area contributed by atoms with Crippen molar-refractivity contribution in [2.45, 2.75) is 10.9 Å². The Kier molecular flexibility index (Phi) is 4.68. The summed E-state index contributed by atoms with van der Waals surface area (Å²) in [4.78, 5) is 13.8. The number of carbonyl (C=O) groups excluding carboxylic acids is 1. The van der Waals surface area contributed by atoms with Gasteiger partial charge in [0.15, 0.2) is 0 Å². The van der Waals surface area contributed by atoms with Crippen molar-refractivity contribution in [3.05, 3.63) is 101 Å². The molecule has 0 radical (unpaired) electrons. The van der Waals surface area contributed by atoms with Crippen LogP contribution in [0.25, 0.3) is 16.5 Å². The van der Waals surface area contributed by atoms with Crippen molar-refractivity contribution in [1.29, 1.82) is 0 Å². The van der Waals surface area contributed by atoms with E-state index in [4.69, 9.17) is 16.0 Å². The van der Waals surface area contributed by atoms with Gasteiger partial charge in [-0.05, 0) is 53.4 Å². The van der Waals surface area contributed by atoms with Crippen molar-refractivity contribution in [2.24, 2.45) is 0 Å². The molecule has 3 heterocycles. The van der Waals surface area contributed by atoms with E-state index in [1.165, 1.54) is 15.6 Å². The molecule has 9 heteroatoms. The minimum Gasteiger partial charge on any atom is -0.467 e. The topological polar surface area (TPSA) is 82.9 Å². The highest BCUT2D eigenvalue weighted by Crippen LogP contribution is 2.42. The number of sulfonamides is 1. The molecule has 7 nitrogen and oxygen atoms in total. The lowest BCUT2D eigenvalue weighted by Crippen LogP contribution is -2.46. The number of rotatable bonds is 4. The number of hydrazine groups is 1. The summed E-state index contributed by atoms with van der Waals surface area (Å²) in [5.74, 6) is 0.134. The quantitative estimate of drug-likeness (QED) is 0.446. The summed E-state index contributed by atoms with van der Waals surface area (Å²) in [6, 6.07) is 20.7. The molecular formula is C25H18ClN3O4S. The Labute approximate surface area is 200 Å². The Morgan fingerprint density at radius 2 is 1.76 bits per heavy atom. The molecule has 4 aromatic rings. The highest BCUT2D eigenvalue weighted by atomic mass is 35.5. The number of nitrogens with one attached hydrogen (secondary N) is 1. The fourth-order valence-electron chi connectivity index (χ4n) is 4.47. The van der Waals surface area contributed by atoms with Crippen molar-refractivity contribution in [3.63, 3.8) is 0 Å². The number of hydrogen-bond acceptors (Lipinski definition) is 5. The molecule has 2 aliphatic rings. The van der Waals surface area contributed by atoms with Crippen LogP contribution in [0.5, 0.6) is 0 Å². The minimum atomic E-state index is -3.86. The highest BCUT2D eigenvalue weighted by Gasteiger charge is 2.40. The molecule has 34 heavy (non-hydrogen) atoms. The van der Waals surface area contributed by atoms with Gasteiger partial charge >= 0.3 is 0 Å². The molecule has 0 fully saturated rings. The lowest BCUT2D eigenvalue weighted by Gasteiger charge is -2.27. The monoisotopic (exact) mass is 491 g/mol. The van der Waals surface area contributed by atoms with E-state index in [1.807, 2.05) is 30.3 Å². The van der Waals surface area contributed by atoms with Gasteiger partial charge in [0.25, 0.3) is 15.9 Å². The van der Waals surface area contributed by atoms with E-state index in [0.717, 1.165) is 10.9 Å². The third-order valence-corrected chi connectivity index (χ3v) is 8.12. The number of anilines is 1. The molecule has 0 saturated heterocycles. The molecule has 2 aliphatic heterocycles. The summed E-state index contributed by atoms with van der Waals surface area (Å²) < 4.78 is 33.4. The lowest BCUT2D eigenvalue weighted by molar-refractivity contribution is -0.133. The third-order valence-electron chi connectivity index (χ3n) is 6.06. The van der Waals surface area contributed by atoms with E-state index < -0.39 is 22.0 Å². The third kappa shape index (κ3) is 3.18. The molecule has 0 bridgehead atoms. The van der Waals surface area contributed by atoms with Crippen molar-refractivity contribution in [3.8, 4) is 0 Å². The number of hydrogen-bond donors (Lipinski definition) is 1. The molecule has 0 aliphatic carbocycles. The number of amides is 1. The second-order valence-corrected chi connectivity index (χ2v) is 10.3. The molecule has 1 N–H and O–H groups in total. The van der Waals surface area contributed by atoms with Crippen LogP contribution in [0.3, 0.4) is 0 Å². The van der Waals surface area contributed by atoms with E-state index in [2.05, 4.69) is 5.43 Å². The van der Waals surface area contributed by atoms with Gasteiger partial charge < -0.3 is 4.42 Å². The van der Waals surface area contributed by atoms with Gasteiger partial charge in [-0.15, -0.1) is 0 Å². The standard InChI is InChI=1S/C25H18ClN3O4S/c26-18-11-9-16(10-12-18)19-14-21(22-7-3-13-33-22)29(27-19)24(30)15-28-20-6-1-4-17-5-2-8-23(25(17)20)34(28,31)32/h1-14,21,27H,15H2/t21-/m1/s1. The van der Waals surface area contributed by atoms with Gasteiger partial charge in [-0.1, -0.05) is 48.0 Å². The molecule has 1 aromatic heterocycles. The first-order valence-electron chi connectivity index (χ1n) is 10.6. The van der Waals surface area contributed by atoms with Crippen LogP contribution in [0.15, 0.2) is 94.4 Å². The fraction of sp³-hybridized carbons (Fsp3) is 0.0800. The van der Waals surface area contributed by atoms with Crippen LogP contribution in [0.2, 0.25) is 5.02 Å². The zero-order valence-corrected chi connectivity index (χ0v) is 19.3. The molecule has 0 saturated carbocycles. The largest absolute Gasteiger partial charge is 0.467 e. The molecule has 6 rings (SSSR count). The van der Waals surface area contributed by atoms with Crippen LogP contribution in [0.1, 0.15) is 17.4 Å². The predicted molar refractivity (Wildman–Crippen MR) is 129 cm³/mol. The second-order valence-electron chi connectivity index (χ2n) is 8.07. The van der Waals surface area contributed by atoms with Crippen LogP contribution < -0.4 is 9.73 Å². The second kappa shape index (κ2) is 7.65. The maximum atomic E-state index is 13.6. The first-order valence-corrected chi connectivity index (χ1v) is 12.4. The van der Waals surface area contributed by atoms with Gasteiger partial charge in [-0.2, -0.15) is 0 Å². The van der Waals surface area contributed by atoms with Crippen LogP contribution in [0, 0.1) is 0 Å². The fourth-order valence-corrected chi connectivity index (χ4v) is 6.26. The molecule has 1 amide bonds. The molecule has 0 unspecified atom stereocenters. The summed E-state index contributed by atoms with van der Waals surface area (Å²) in [7, 11) is -3.86. The van der Waals surface area contributed by atoms with Crippen LogP contribution in [-0.4, -0.2) is 25.9 Å². The van der Waals surface area contributed by atoms with E-state index >= 15 is 0 Å². The molecule has 1 atom stereocenters. The number of benzene rings is 3. The molecule has 3 aromatic carbocycles. The summed E-state index contributed by atoms with van der Waals surface area (Å²) in [6.45, 7) is -0.359. The molecular weight excluding hydrogens is 474 g/mol. The Morgan fingerprint density at radius 3 is 2.50 bits per heavy atom. The Morgan fingerprint density at radius 1 is 1.00 bits per heavy atom. The number of furan rings is 1. The van der Waals surface area contributed by atoms with Crippen LogP contribution >= 0.6 is 11.6 Å². The summed E-state index contributed by atoms with van der Waals surface area (Å²) in [5, 5.41) is 3.45. The number of carbonyl (C=O) groups is 1. The van der Waals surface area contributed by atoms with Crippen LogP contribution in [0.4, 0.5) is 5.69 Å². The molecule has 0 spiro atoms. The van der Waals surface area contributed by atoms with E-state index in [-0.39, 0.29) is 11.4 Å². The van der Waals surface area contributed by atoms with Gasteiger partial charge in [0, 0.05) is 10.4 Å². The molecule has 170 valence electrons. The average Bonchev–Trinajstić information content (AvgIpc) is 3.56. The van der Waals surface area contributed by atoms with Gasteiger partial charge in [-0.25, -0.2) is 13.4 Å². The van der Waals surface area contributed by atoms with Gasteiger partial charge in [0.1, 0.15) is 18.3 Å². The lowest BCUT2D eigenvalue weighted by atomic mass is 10.1. The van der Waals surface area contributed by atoms with E-state index in [9.17, 15) is 13.2 Å². The summed E-state index contributed by atoms with van der Waals surface area (Å²) in [5.41, 5.74) is 5.16. The Bertz CT molecular complexity index is 1560. The Balaban J connectivity index is 1.34. The van der Waals surface area contributed by atoms with Gasteiger partial charge in [0.2, 0.25) is 0 Å². The predicted octanol–water partition coefficient (Wildman–Crippen LogP) is 4.72. The first kappa shape index (κ1) is 20.8. The van der Waals surface area contributed by atoms with Gasteiger partial charge in [0.05, 0.1) is 22.5 Å². The highest BCUT2D eigenvalue weighted by molar-refractivity contribution is 7.93.